The van der Waals surface area contributed by atoms with Gasteiger partial charge in [-0.25, -0.2) is 4.98 Å². The van der Waals surface area contributed by atoms with Crippen LogP contribution in [0, 0.1) is 6.92 Å². The van der Waals surface area contributed by atoms with Crippen LogP contribution in [0.4, 0.5) is 5.82 Å². The Kier molecular flexibility index (Phi) is 4.74. The molecule has 0 aliphatic carbocycles. The Hall–Kier alpha value is -1.62. The molecule has 2 rings (SSSR count). The molecule has 0 saturated heterocycles. The number of hydrogen-bond donors (Lipinski definition) is 1. The largest absolute Gasteiger partial charge is 0.477 e. The van der Waals surface area contributed by atoms with Gasteiger partial charge in [-0.3, -0.25) is 0 Å². The zero-order chi connectivity index (χ0) is 13.7. The van der Waals surface area contributed by atoms with Crippen molar-refractivity contribution in [3.63, 3.8) is 0 Å². The first kappa shape index (κ1) is 13.8. The number of ether oxygens (including phenoxy) is 1. The predicted octanol–water partition coefficient (Wildman–Crippen LogP) is 3.00. The summed E-state index contributed by atoms with van der Waals surface area (Å²) in [7, 11) is 0. The Bertz CT molecular complexity index is 526. The van der Waals surface area contributed by atoms with Crippen LogP contribution in [0.3, 0.4) is 0 Å². The highest BCUT2D eigenvalue weighted by molar-refractivity contribution is 7.09. The molecular formula is C14H19N3OS. The fourth-order valence-electron chi connectivity index (χ4n) is 1.74. The summed E-state index contributed by atoms with van der Waals surface area (Å²) in [5.74, 6) is 1.90. The molecule has 2 aromatic rings. The van der Waals surface area contributed by atoms with Gasteiger partial charge in [0.05, 0.1) is 12.2 Å². The molecule has 102 valence electrons. The van der Waals surface area contributed by atoms with Crippen LogP contribution in [0.2, 0.25) is 0 Å². The van der Waals surface area contributed by atoms with E-state index in [0.29, 0.717) is 18.3 Å². The monoisotopic (exact) mass is 277 g/mol. The van der Waals surface area contributed by atoms with E-state index in [4.69, 9.17) is 10.5 Å². The maximum atomic E-state index is 5.89. The molecule has 19 heavy (non-hydrogen) atoms. The van der Waals surface area contributed by atoms with Crippen LogP contribution in [0.15, 0.2) is 17.5 Å². The minimum absolute atomic E-state index is 0.518. The van der Waals surface area contributed by atoms with E-state index in [9.17, 15) is 0 Å². The Morgan fingerprint density at radius 3 is 2.84 bits per heavy atom. The zero-order valence-corrected chi connectivity index (χ0v) is 12.2. The Balaban J connectivity index is 2.02. The number of hydrogen-bond acceptors (Lipinski definition) is 5. The number of nitrogens with zero attached hydrogens (tertiary/aromatic N) is 2. The summed E-state index contributed by atoms with van der Waals surface area (Å²) in [6, 6.07) is 4.16. The second-order valence-corrected chi connectivity index (χ2v) is 5.42. The molecule has 0 unspecified atom stereocenters. The second kappa shape index (κ2) is 6.52. The first-order chi connectivity index (χ1) is 9.20. The van der Waals surface area contributed by atoms with E-state index in [0.717, 1.165) is 30.7 Å². The topological polar surface area (TPSA) is 61.0 Å². The van der Waals surface area contributed by atoms with Crippen molar-refractivity contribution in [2.45, 2.75) is 33.1 Å². The summed E-state index contributed by atoms with van der Waals surface area (Å²) in [6.45, 7) is 4.60. The van der Waals surface area contributed by atoms with Gasteiger partial charge in [-0.2, -0.15) is 4.98 Å². The molecule has 2 heterocycles. The van der Waals surface area contributed by atoms with Gasteiger partial charge in [-0.15, -0.1) is 11.3 Å². The van der Waals surface area contributed by atoms with Gasteiger partial charge in [0.25, 0.3) is 0 Å². The smallest absolute Gasteiger partial charge is 0.221 e. The molecule has 0 radical (unpaired) electrons. The molecule has 0 aliphatic rings. The van der Waals surface area contributed by atoms with Gasteiger partial charge in [0.1, 0.15) is 11.6 Å². The maximum Gasteiger partial charge on any atom is 0.221 e. The van der Waals surface area contributed by atoms with Crippen LogP contribution in [0.1, 0.15) is 29.6 Å². The number of nitrogens with two attached hydrogens (primary N) is 1. The van der Waals surface area contributed by atoms with Gasteiger partial charge in [0.15, 0.2) is 0 Å². The molecule has 0 aromatic carbocycles. The number of anilines is 1. The maximum absolute atomic E-state index is 5.89. The third-order valence-electron chi connectivity index (χ3n) is 2.83. The Morgan fingerprint density at radius 2 is 2.16 bits per heavy atom. The average molecular weight is 277 g/mol. The summed E-state index contributed by atoms with van der Waals surface area (Å²) in [6.07, 6.45) is 2.72. The molecule has 0 bridgehead atoms. The molecule has 0 spiro atoms. The number of nitrogen functional groups attached to an aromatic ring is 1. The Labute approximate surface area is 117 Å². The van der Waals surface area contributed by atoms with E-state index in [2.05, 4.69) is 28.3 Å². The van der Waals surface area contributed by atoms with Crippen molar-refractivity contribution in [1.82, 2.24) is 9.97 Å². The second-order valence-electron chi connectivity index (χ2n) is 4.38. The molecule has 0 aliphatic heterocycles. The molecule has 5 heteroatoms. The first-order valence-corrected chi connectivity index (χ1v) is 7.36. The lowest BCUT2D eigenvalue weighted by atomic mass is 10.3. The number of aryl methyl sites for hydroxylation is 1. The van der Waals surface area contributed by atoms with E-state index < -0.39 is 0 Å². The van der Waals surface area contributed by atoms with E-state index in [1.807, 2.05) is 13.0 Å². The minimum atomic E-state index is 0.518. The van der Waals surface area contributed by atoms with Crippen LogP contribution in [0.5, 0.6) is 5.88 Å². The summed E-state index contributed by atoms with van der Waals surface area (Å²) in [4.78, 5) is 10.0. The number of thiophene rings is 1. The van der Waals surface area contributed by atoms with Crippen LogP contribution < -0.4 is 10.5 Å². The summed E-state index contributed by atoms with van der Waals surface area (Å²) in [5.41, 5.74) is 6.71. The lowest BCUT2D eigenvalue weighted by molar-refractivity contribution is 0.306. The van der Waals surface area contributed by atoms with Crippen molar-refractivity contribution in [2.75, 3.05) is 12.3 Å². The zero-order valence-electron chi connectivity index (χ0n) is 11.3. The highest BCUT2D eigenvalue weighted by Crippen LogP contribution is 2.20. The van der Waals surface area contributed by atoms with Gasteiger partial charge in [0.2, 0.25) is 5.88 Å². The fraction of sp³-hybridized carbons (Fsp3) is 0.429. The van der Waals surface area contributed by atoms with Crippen molar-refractivity contribution in [3.05, 3.63) is 33.8 Å². The van der Waals surface area contributed by atoms with Crippen molar-refractivity contribution < 1.29 is 4.74 Å². The van der Waals surface area contributed by atoms with Gasteiger partial charge >= 0.3 is 0 Å². The molecule has 0 saturated carbocycles. The summed E-state index contributed by atoms with van der Waals surface area (Å²) < 4.78 is 5.75. The Morgan fingerprint density at radius 1 is 1.32 bits per heavy atom. The van der Waals surface area contributed by atoms with Crippen molar-refractivity contribution >= 4 is 17.2 Å². The minimum Gasteiger partial charge on any atom is -0.477 e. The van der Waals surface area contributed by atoms with Crippen LogP contribution in [0.25, 0.3) is 0 Å². The summed E-state index contributed by atoms with van der Waals surface area (Å²) >= 11 is 1.74. The highest BCUT2D eigenvalue weighted by atomic mass is 32.1. The lowest BCUT2D eigenvalue weighted by Crippen LogP contribution is -2.09. The number of aromatic nitrogens is 2. The normalized spacial score (nSPS) is 10.6. The van der Waals surface area contributed by atoms with Crippen LogP contribution >= 0.6 is 11.3 Å². The fourth-order valence-corrected chi connectivity index (χ4v) is 2.43. The molecular weight excluding hydrogens is 258 g/mol. The average Bonchev–Trinajstić information content (AvgIpc) is 2.88. The molecule has 0 amide bonds. The molecule has 0 atom stereocenters. The number of rotatable bonds is 6. The van der Waals surface area contributed by atoms with E-state index in [1.165, 1.54) is 4.88 Å². The van der Waals surface area contributed by atoms with Gasteiger partial charge in [0, 0.05) is 17.7 Å². The standard InChI is InChI=1S/C14H19N3OS/c1-3-5-12-16-13(15)10(2)14(17-12)18-8-7-11-6-4-9-19-11/h4,6,9H,3,5,7-8H2,1-2H3,(H2,15,16,17). The van der Waals surface area contributed by atoms with Crippen molar-refractivity contribution in [2.24, 2.45) is 0 Å². The van der Waals surface area contributed by atoms with E-state index >= 15 is 0 Å². The van der Waals surface area contributed by atoms with Gasteiger partial charge in [-0.05, 0) is 24.8 Å². The van der Waals surface area contributed by atoms with Crippen molar-refractivity contribution in [3.8, 4) is 5.88 Å². The lowest BCUT2D eigenvalue weighted by Gasteiger charge is -2.10. The summed E-state index contributed by atoms with van der Waals surface area (Å²) in [5, 5.41) is 2.07. The van der Waals surface area contributed by atoms with E-state index in [1.54, 1.807) is 11.3 Å². The molecule has 0 fully saturated rings. The first-order valence-electron chi connectivity index (χ1n) is 6.49. The SMILES string of the molecule is CCCc1nc(N)c(C)c(OCCc2cccs2)n1. The molecule has 2 N–H and O–H groups in total. The predicted molar refractivity (Wildman–Crippen MR) is 78.7 cm³/mol. The molecule has 2 aromatic heterocycles. The van der Waals surface area contributed by atoms with Gasteiger partial charge < -0.3 is 10.5 Å². The van der Waals surface area contributed by atoms with Crippen LogP contribution in [-0.2, 0) is 12.8 Å². The van der Waals surface area contributed by atoms with Crippen LogP contribution in [-0.4, -0.2) is 16.6 Å². The highest BCUT2D eigenvalue weighted by Gasteiger charge is 2.09. The third kappa shape index (κ3) is 3.67. The third-order valence-corrected chi connectivity index (χ3v) is 3.76. The van der Waals surface area contributed by atoms with Crippen molar-refractivity contribution in [1.29, 1.82) is 0 Å². The van der Waals surface area contributed by atoms with Gasteiger partial charge in [-0.1, -0.05) is 13.0 Å². The quantitative estimate of drug-likeness (QED) is 0.881. The molecule has 4 nitrogen and oxygen atoms in total. The van der Waals surface area contributed by atoms with E-state index in [-0.39, 0.29) is 0 Å².